The van der Waals surface area contributed by atoms with Crippen molar-refractivity contribution in [3.8, 4) is 0 Å². The Balaban J connectivity index is 2.23. The fraction of sp³-hybridized carbons (Fsp3) is 0.571. The summed E-state index contributed by atoms with van der Waals surface area (Å²) >= 11 is 3.50. The Morgan fingerprint density at radius 2 is 2.64 bits per heavy atom. The van der Waals surface area contributed by atoms with E-state index in [-0.39, 0.29) is 0 Å². The van der Waals surface area contributed by atoms with Crippen LogP contribution in [0.15, 0.2) is 15.9 Å². The van der Waals surface area contributed by atoms with E-state index in [2.05, 4.69) is 17.2 Å². The summed E-state index contributed by atoms with van der Waals surface area (Å²) in [5.41, 5.74) is 0. The molecule has 62 valence electrons. The molecule has 0 spiro atoms. The first-order valence-electron chi connectivity index (χ1n) is 3.52. The number of aromatic nitrogens is 1. The molecule has 0 aliphatic heterocycles. The van der Waals surface area contributed by atoms with Crippen molar-refractivity contribution in [3.05, 3.63) is 11.6 Å². The van der Waals surface area contributed by atoms with Gasteiger partial charge in [-0.25, -0.2) is 4.98 Å². The van der Waals surface area contributed by atoms with E-state index in [0.717, 1.165) is 10.1 Å². The lowest BCUT2D eigenvalue weighted by Crippen LogP contribution is -2.23. The summed E-state index contributed by atoms with van der Waals surface area (Å²) in [6, 6.07) is 0.559. The van der Waals surface area contributed by atoms with Gasteiger partial charge in [0.25, 0.3) is 0 Å². The molecule has 1 N–H and O–H groups in total. The van der Waals surface area contributed by atoms with Crippen LogP contribution in [-0.4, -0.2) is 23.8 Å². The van der Waals surface area contributed by atoms with Crippen LogP contribution in [0.2, 0.25) is 0 Å². The number of thiazole rings is 1. The molecule has 0 aliphatic rings. The number of hydrogen-bond donors (Lipinski definition) is 1. The molecule has 0 saturated heterocycles. The fourth-order valence-corrected chi connectivity index (χ4v) is 2.26. The molecule has 0 aliphatic carbocycles. The number of hydrogen-bond acceptors (Lipinski definition) is 4. The van der Waals surface area contributed by atoms with Crippen LogP contribution in [0.5, 0.6) is 0 Å². The largest absolute Gasteiger partial charge is 0.316 e. The first kappa shape index (κ1) is 9.03. The summed E-state index contributed by atoms with van der Waals surface area (Å²) in [7, 11) is 1.98. The monoisotopic (exact) mass is 188 g/mol. The molecule has 1 heterocycles. The highest BCUT2D eigenvalue weighted by molar-refractivity contribution is 8.01. The first-order valence-corrected chi connectivity index (χ1v) is 5.39. The van der Waals surface area contributed by atoms with Crippen molar-refractivity contribution in [2.24, 2.45) is 0 Å². The molecule has 2 nitrogen and oxygen atoms in total. The normalized spacial score (nSPS) is 13.3. The molecule has 1 aromatic rings. The lowest BCUT2D eigenvalue weighted by Gasteiger charge is -2.06. The van der Waals surface area contributed by atoms with Gasteiger partial charge in [0.15, 0.2) is 0 Å². The number of nitrogens with one attached hydrogen (secondary N) is 1. The highest BCUT2D eigenvalue weighted by atomic mass is 32.2. The Morgan fingerprint density at radius 1 is 1.82 bits per heavy atom. The van der Waals surface area contributed by atoms with Crippen LogP contribution in [0.1, 0.15) is 6.92 Å². The third-order valence-corrected chi connectivity index (χ3v) is 3.59. The van der Waals surface area contributed by atoms with E-state index in [9.17, 15) is 0 Å². The molecule has 4 heteroatoms. The van der Waals surface area contributed by atoms with Crippen molar-refractivity contribution in [3.63, 3.8) is 0 Å². The zero-order valence-corrected chi connectivity index (χ0v) is 8.34. The highest BCUT2D eigenvalue weighted by Crippen LogP contribution is 2.20. The van der Waals surface area contributed by atoms with Crippen molar-refractivity contribution in [2.45, 2.75) is 17.3 Å². The van der Waals surface area contributed by atoms with Gasteiger partial charge in [0.1, 0.15) is 4.34 Å². The Bertz CT molecular complexity index is 186. The summed E-state index contributed by atoms with van der Waals surface area (Å²) in [6.07, 6.45) is 1.84. The minimum atomic E-state index is 0.559. The lowest BCUT2D eigenvalue weighted by molar-refractivity contribution is 0.677. The quantitative estimate of drug-likeness (QED) is 0.730. The van der Waals surface area contributed by atoms with Crippen molar-refractivity contribution in [1.29, 1.82) is 0 Å². The van der Waals surface area contributed by atoms with Gasteiger partial charge in [-0.15, -0.1) is 11.3 Å². The lowest BCUT2D eigenvalue weighted by atomic mass is 10.4. The second kappa shape index (κ2) is 4.74. The zero-order valence-electron chi connectivity index (χ0n) is 6.70. The molecule has 1 aromatic heterocycles. The van der Waals surface area contributed by atoms with E-state index >= 15 is 0 Å². The number of nitrogens with zero attached hydrogens (tertiary/aromatic N) is 1. The maximum atomic E-state index is 4.18. The van der Waals surface area contributed by atoms with Gasteiger partial charge in [-0.3, -0.25) is 0 Å². The van der Waals surface area contributed by atoms with Gasteiger partial charge in [0.2, 0.25) is 0 Å². The van der Waals surface area contributed by atoms with E-state index in [0.29, 0.717) is 6.04 Å². The second-order valence-corrected chi connectivity index (χ2v) is 4.46. The molecule has 0 aromatic carbocycles. The Hall–Kier alpha value is -0.0600. The van der Waals surface area contributed by atoms with Crippen LogP contribution in [0.3, 0.4) is 0 Å². The van der Waals surface area contributed by atoms with E-state index in [1.54, 1.807) is 23.1 Å². The van der Waals surface area contributed by atoms with Crippen LogP contribution in [0, 0.1) is 0 Å². The zero-order chi connectivity index (χ0) is 8.10. The van der Waals surface area contributed by atoms with Gasteiger partial charge in [0, 0.05) is 23.4 Å². The third-order valence-electron chi connectivity index (χ3n) is 1.36. The van der Waals surface area contributed by atoms with E-state index in [1.807, 2.05) is 18.6 Å². The molecule has 0 saturated carbocycles. The third kappa shape index (κ3) is 3.22. The van der Waals surface area contributed by atoms with Gasteiger partial charge in [-0.1, -0.05) is 11.8 Å². The summed E-state index contributed by atoms with van der Waals surface area (Å²) in [4.78, 5) is 4.18. The topological polar surface area (TPSA) is 24.9 Å². The van der Waals surface area contributed by atoms with Gasteiger partial charge in [-0.05, 0) is 14.0 Å². The summed E-state index contributed by atoms with van der Waals surface area (Å²) in [5.74, 6) is 1.09. The van der Waals surface area contributed by atoms with Gasteiger partial charge in [0.05, 0.1) is 0 Å². The SMILES string of the molecule is CNC(C)CSc1nccs1. The highest BCUT2D eigenvalue weighted by Gasteiger charge is 2.00. The standard InChI is InChI=1S/C7H12N2S2/c1-6(8-2)5-11-7-9-3-4-10-7/h3-4,6,8H,5H2,1-2H3. The van der Waals surface area contributed by atoms with Crippen molar-refractivity contribution in [2.75, 3.05) is 12.8 Å². The molecule has 0 bridgehead atoms. The van der Waals surface area contributed by atoms with Crippen LogP contribution in [0.4, 0.5) is 0 Å². The van der Waals surface area contributed by atoms with E-state index in [1.165, 1.54) is 0 Å². The maximum Gasteiger partial charge on any atom is 0.149 e. The van der Waals surface area contributed by atoms with Gasteiger partial charge < -0.3 is 5.32 Å². The smallest absolute Gasteiger partial charge is 0.149 e. The minimum absolute atomic E-state index is 0.559. The van der Waals surface area contributed by atoms with Crippen LogP contribution >= 0.6 is 23.1 Å². The molecule has 11 heavy (non-hydrogen) atoms. The first-order chi connectivity index (χ1) is 5.33. The summed E-state index contributed by atoms with van der Waals surface area (Å²) < 4.78 is 1.16. The molecule has 0 amide bonds. The Kier molecular flexibility index (Phi) is 3.90. The van der Waals surface area contributed by atoms with E-state index in [4.69, 9.17) is 0 Å². The fourth-order valence-electron chi connectivity index (χ4n) is 0.561. The van der Waals surface area contributed by atoms with Crippen molar-refractivity contribution in [1.82, 2.24) is 10.3 Å². The molecule has 1 unspecified atom stereocenters. The van der Waals surface area contributed by atoms with E-state index < -0.39 is 0 Å². The number of thioether (sulfide) groups is 1. The predicted molar refractivity (Wildman–Crippen MR) is 51.4 cm³/mol. The number of rotatable bonds is 4. The van der Waals surface area contributed by atoms with Crippen molar-refractivity contribution >= 4 is 23.1 Å². The molecular weight excluding hydrogens is 176 g/mol. The molecular formula is C7H12N2S2. The average Bonchev–Trinajstić information content (AvgIpc) is 2.52. The van der Waals surface area contributed by atoms with Crippen LogP contribution in [0.25, 0.3) is 0 Å². The second-order valence-electron chi connectivity index (χ2n) is 2.30. The molecule has 1 rings (SSSR count). The van der Waals surface area contributed by atoms with Gasteiger partial charge >= 0.3 is 0 Å². The van der Waals surface area contributed by atoms with Crippen LogP contribution in [-0.2, 0) is 0 Å². The van der Waals surface area contributed by atoms with Crippen LogP contribution < -0.4 is 5.32 Å². The Labute approximate surface area is 75.4 Å². The van der Waals surface area contributed by atoms with Gasteiger partial charge in [-0.2, -0.15) is 0 Å². The minimum Gasteiger partial charge on any atom is -0.316 e. The average molecular weight is 188 g/mol. The predicted octanol–water partition coefficient (Wildman–Crippen LogP) is 1.84. The van der Waals surface area contributed by atoms with Crippen molar-refractivity contribution < 1.29 is 0 Å². The molecule has 1 atom stereocenters. The molecule has 0 radical (unpaired) electrons. The summed E-state index contributed by atoms with van der Waals surface area (Å²) in [6.45, 7) is 2.17. The maximum absolute atomic E-state index is 4.18. The summed E-state index contributed by atoms with van der Waals surface area (Å²) in [5, 5.41) is 5.19. The Morgan fingerprint density at radius 3 is 3.18 bits per heavy atom. The molecule has 0 fully saturated rings.